The third kappa shape index (κ3) is 4.38. The van der Waals surface area contributed by atoms with Crippen molar-refractivity contribution in [1.29, 1.82) is 5.26 Å². The Kier molecular flexibility index (Phi) is 5.05. The van der Waals surface area contributed by atoms with Crippen LogP contribution in [-0.4, -0.2) is 18.0 Å². The fourth-order valence-corrected chi connectivity index (χ4v) is 1.74. The van der Waals surface area contributed by atoms with Crippen LogP contribution < -0.4 is 5.32 Å². The average Bonchev–Trinajstić information content (AvgIpc) is 2.56. The summed E-state index contributed by atoms with van der Waals surface area (Å²) in [7, 11) is 0. The van der Waals surface area contributed by atoms with E-state index in [0.717, 1.165) is 0 Å². The molecule has 0 bridgehead atoms. The highest BCUT2D eigenvalue weighted by Gasteiger charge is 2.19. The number of anilines is 1. The summed E-state index contributed by atoms with van der Waals surface area (Å²) in [5.74, 6) is -1.61. The van der Waals surface area contributed by atoms with Crippen LogP contribution in [0.3, 0.4) is 0 Å². The minimum Gasteiger partial charge on any atom is -0.449 e. The van der Waals surface area contributed by atoms with Crippen LogP contribution >= 0.6 is 0 Å². The van der Waals surface area contributed by atoms with Gasteiger partial charge in [0, 0.05) is 5.69 Å². The number of halogens is 1. The second-order valence-corrected chi connectivity index (χ2v) is 4.73. The van der Waals surface area contributed by atoms with Gasteiger partial charge in [-0.25, -0.2) is 9.18 Å². The zero-order chi connectivity index (χ0) is 16.8. The van der Waals surface area contributed by atoms with Crippen LogP contribution in [0.4, 0.5) is 10.1 Å². The van der Waals surface area contributed by atoms with Crippen LogP contribution in [0.15, 0.2) is 48.5 Å². The lowest BCUT2D eigenvalue weighted by Crippen LogP contribution is -2.30. The van der Waals surface area contributed by atoms with Crippen LogP contribution in [-0.2, 0) is 9.53 Å². The Morgan fingerprint density at radius 1 is 1.13 bits per heavy atom. The molecule has 0 unspecified atom stereocenters. The minimum absolute atomic E-state index is 0.241. The van der Waals surface area contributed by atoms with Gasteiger partial charge in [0.1, 0.15) is 5.82 Å². The standard InChI is InChI=1S/C17H13FN2O3/c1-11(16(21)20-15-8-6-14(18)7-9-15)23-17(22)13-4-2-12(10-19)3-5-13/h2-9,11H,1H3,(H,20,21)/t11-/m1/s1. The zero-order valence-corrected chi connectivity index (χ0v) is 12.2. The highest BCUT2D eigenvalue weighted by Crippen LogP contribution is 2.11. The number of benzene rings is 2. The lowest BCUT2D eigenvalue weighted by molar-refractivity contribution is -0.123. The molecule has 0 heterocycles. The summed E-state index contributed by atoms with van der Waals surface area (Å²) in [6.07, 6.45) is -1.02. The smallest absolute Gasteiger partial charge is 0.338 e. The van der Waals surface area contributed by atoms with Crippen molar-refractivity contribution in [2.45, 2.75) is 13.0 Å². The number of nitriles is 1. The fourth-order valence-electron chi connectivity index (χ4n) is 1.74. The number of esters is 1. The lowest BCUT2D eigenvalue weighted by Gasteiger charge is -2.13. The van der Waals surface area contributed by atoms with Crippen molar-refractivity contribution in [1.82, 2.24) is 0 Å². The number of amides is 1. The second-order valence-electron chi connectivity index (χ2n) is 4.73. The van der Waals surface area contributed by atoms with E-state index in [0.29, 0.717) is 11.3 Å². The van der Waals surface area contributed by atoms with Gasteiger partial charge in [-0.15, -0.1) is 0 Å². The van der Waals surface area contributed by atoms with E-state index < -0.39 is 23.8 Å². The number of hydrogen-bond acceptors (Lipinski definition) is 4. The average molecular weight is 312 g/mol. The molecular formula is C17H13FN2O3. The first-order valence-electron chi connectivity index (χ1n) is 6.77. The molecule has 5 nitrogen and oxygen atoms in total. The molecule has 1 amide bonds. The molecule has 1 N–H and O–H groups in total. The minimum atomic E-state index is -1.02. The number of hydrogen-bond donors (Lipinski definition) is 1. The fraction of sp³-hybridized carbons (Fsp3) is 0.118. The van der Waals surface area contributed by atoms with Crippen molar-refractivity contribution in [3.63, 3.8) is 0 Å². The molecule has 0 fully saturated rings. The number of carbonyl (C=O) groups is 2. The van der Waals surface area contributed by atoms with Gasteiger partial charge >= 0.3 is 5.97 Å². The Morgan fingerprint density at radius 2 is 1.74 bits per heavy atom. The summed E-state index contributed by atoms with van der Waals surface area (Å²) in [6.45, 7) is 1.43. The normalized spacial score (nSPS) is 11.2. The van der Waals surface area contributed by atoms with Gasteiger partial charge in [-0.1, -0.05) is 0 Å². The Labute approximate surface area is 132 Å². The van der Waals surface area contributed by atoms with Crippen LogP contribution in [0, 0.1) is 17.1 Å². The summed E-state index contributed by atoms with van der Waals surface area (Å²) in [4.78, 5) is 23.9. The van der Waals surface area contributed by atoms with E-state index in [4.69, 9.17) is 10.00 Å². The molecule has 116 valence electrons. The monoisotopic (exact) mass is 312 g/mol. The van der Waals surface area contributed by atoms with E-state index in [1.165, 1.54) is 55.5 Å². The summed E-state index contributed by atoms with van der Waals surface area (Å²) in [5, 5.41) is 11.2. The van der Waals surface area contributed by atoms with Crippen molar-refractivity contribution in [3.8, 4) is 6.07 Å². The van der Waals surface area contributed by atoms with E-state index in [-0.39, 0.29) is 5.56 Å². The maximum Gasteiger partial charge on any atom is 0.338 e. The Hall–Kier alpha value is -3.20. The third-order valence-electron chi connectivity index (χ3n) is 3.01. The largest absolute Gasteiger partial charge is 0.449 e. The Morgan fingerprint density at radius 3 is 2.30 bits per heavy atom. The van der Waals surface area contributed by atoms with E-state index in [1.807, 2.05) is 6.07 Å². The molecule has 6 heteroatoms. The van der Waals surface area contributed by atoms with Crippen LogP contribution in [0.2, 0.25) is 0 Å². The molecule has 1 atom stereocenters. The molecule has 23 heavy (non-hydrogen) atoms. The number of ether oxygens (including phenoxy) is 1. The molecule has 2 rings (SSSR count). The third-order valence-corrected chi connectivity index (χ3v) is 3.01. The first-order valence-corrected chi connectivity index (χ1v) is 6.77. The first-order chi connectivity index (χ1) is 11.0. The molecule has 2 aromatic rings. The van der Waals surface area contributed by atoms with Crippen molar-refractivity contribution in [2.24, 2.45) is 0 Å². The predicted octanol–water partition coefficient (Wildman–Crippen LogP) is 2.88. The van der Waals surface area contributed by atoms with Gasteiger partial charge in [0.2, 0.25) is 0 Å². The summed E-state index contributed by atoms with van der Waals surface area (Å²) < 4.78 is 17.9. The van der Waals surface area contributed by atoms with Gasteiger partial charge in [0.25, 0.3) is 5.91 Å². The Balaban J connectivity index is 1.95. The van der Waals surface area contributed by atoms with Gasteiger partial charge in [-0.3, -0.25) is 4.79 Å². The maximum absolute atomic E-state index is 12.8. The molecule has 0 saturated heterocycles. The van der Waals surface area contributed by atoms with E-state index >= 15 is 0 Å². The summed E-state index contributed by atoms with van der Waals surface area (Å²) in [6, 6.07) is 13.0. The quantitative estimate of drug-likeness (QED) is 0.880. The molecule has 0 saturated carbocycles. The van der Waals surface area contributed by atoms with Crippen molar-refractivity contribution >= 4 is 17.6 Å². The van der Waals surface area contributed by atoms with E-state index in [9.17, 15) is 14.0 Å². The van der Waals surface area contributed by atoms with E-state index in [1.54, 1.807) is 0 Å². The summed E-state index contributed by atoms with van der Waals surface area (Å²) in [5.41, 5.74) is 1.06. The van der Waals surface area contributed by atoms with Crippen LogP contribution in [0.25, 0.3) is 0 Å². The molecule has 0 spiro atoms. The molecule has 0 aliphatic heterocycles. The zero-order valence-electron chi connectivity index (χ0n) is 12.2. The highest BCUT2D eigenvalue weighted by molar-refractivity contribution is 5.97. The molecule has 0 aliphatic rings. The molecule has 0 aromatic heterocycles. The van der Waals surface area contributed by atoms with Gasteiger partial charge in [0.05, 0.1) is 17.2 Å². The number of rotatable bonds is 4. The van der Waals surface area contributed by atoms with Gasteiger partial charge in [-0.05, 0) is 55.5 Å². The lowest BCUT2D eigenvalue weighted by atomic mass is 10.1. The molecule has 2 aromatic carbocycles. The topological polar surface area (TPSA) is 79.2 Å². The maximum atomic E-state index is 12.8. The van der Waals surface area contributed by atoms with Crippen molar-refractivity contribution in [3.05, 3.63) is 65.5 Å². The van der Waals surface area contributed by atoms with Gasteiger partial charge < -0.3 is 10.1 Å². The molecule has 0 aliphatic carbocycles. The van der Waals surface area contributed by atoms with Crippen molar-refractivity contribution < 1.29 is 18.7 Å². The number of carbonyl (C=O) groups excluding carboxylic acids is 2. The van der Waals surface area contributed by atoms with E-state index in [2.05, 4.69) is 5.32 Å². The second kappa shape index (κ2) is 7.18. The van der Waals surface area contributed by atoms with Crippen LogP contribution in [0.5, 0.6) is 0 Å². The predicted molar refractivity (Wildman–Crippen MR) is 81.1 cm³/mol. The number of nitrogens with one attached hydrogen (secondary N) is 1. The summed E-state index contributed by atoms with van der Waals surface area (Å²) >= 11 is 0. The number of nitrogens with zero attached hydrogens (tertiary/aromatic N) is 1. The molecular weight excluding hydrogens is 299 g/mol. The first kappa shape index (κ1) is 16.2. The van der Waals surface area contributed by atoms with Crippen molar-refractivity contribution in [2.75, 3.05) is 5.32 Å². The SMILES string of the molecule is C[C@@H](OC(=O)c1ccc(C#N)cc1)C(=O)Nc1ccc(F)cc1. The van der Waals surface area contributed by atoms with Gasteiger partial charge in [-0.2, -0.15) is 5.26 Å². The van der Waals surface area contributed by atoms with Gasteiger partial charge in [0.15, 0.2) is 6.10 Å². The molecule has 0 radical (unpaired) electrons. The van der Waals surface area contributed by atoms with Crippen LogP contribution in [0.1, 0.15) is 22.8 Å². The Bertz CT molecular complexity index is 749. The highest BCUT2D eigenvalue weighted by atomic mass is 19.1.